The third-order valence-corrected chi connectivity index (χ3v) is 2.98. The van der Waals surface area contributed by atoms with Crippen molar-refractivity contribution in [3.8, 4) is 0 Å². The smallest absolute Gasteiger partial charge is 0.267 e. The van der Waals surface area contributed by atoms with E-state index in [1.54, 1.807) is 0 Å². The van der Waals surface area contributed by atoms with Crippen LogP contribution in [0.3, 0.4) is 0 Å². The summed E-state index contributed by atoms with van der Waals surface area (Å²) in [7, 11) is 0. The van der Waals surface area contributed by atoms with Gasteiger partial charge in [-0.2, -0.15) is 5.10 Å². The topological polar surface area (TPSA) is 84.6 Å². The highest BCUT2D eigenvalue weighted by Gasteiger charge is 2.12. The summed E-state index contributed by atoms with van der Waals surface area (Å²) in [6, 6.07) is 9.50. The fraction of sp³-hybridized carbons (Fsp3) is 0. The molecule has 22 heavy (non-hydrogen) atoms. The lowest BCUT2D eigenvalue weighted by atomic mass is 10.2. The van der Waals surface area contributed by atoms with Crippen LogP contribution in [0.25, 0.3) is 0 Å². The van der Waals surface area contributed by atoms with Crippen molar-refractivity contribution in [2.45, 2.75) is 0 Å². The molecule has 0 atom stereocenters. The van der Waals surface area contributed by atoms with Crippen LogP contribution in [0, 0.1) is 15.9 Å². The standard InChI is InChI=1S/C14H9ClFN3O3/c15-11-6-5-9(7-13(11)19(21)22)8-17-18-14(20)10-3-1-2-4-12(10)16/h1-8H,(H,18,20)/b17-8+. The number of halogens is 2. The number of hydrogen-bond donors (Lipinski definition) is 1. The minimum Gasteiger partial charge on any atom is -0.267 e. The van der Waals surface area contributed by atoms with E-state index in [0.29, 0.717) is 5.56 Å². The zero-order chi connectivity index (χ0) is 16.1. The van der Waals surface area contributed by atoms with Crippen LogP contribution in [-0.4, -0.2) is 17.0 Å². The highest BCUT2D eigenvalue weighted by atomic mass is 35.5. The molecule has 0 saturated heterocycles. The van der Waals surface area contributed by atoms with Gasteiger partial charge in [-0.05, 0) is 18.2 Å². The van der Waals surface area contributed by atoms with Crippen molar-refractivity contribution in [1.29, 1.82) is 0 Å². The minimum atomic E-state index is -0.724. The average Bonchev–Trinajstić information content (AvgIpc) is 2.49. The molecule has 0 saturated carbocycles. The Morgan fingerprint density at radius 1 is 1.32 bits per heavy atom. The summed E-state index contributed by atoms with van der Waals surface area (Å²) in [5.74, 6) is -1.39. The van der Waals surface area contributed by atoms with E-state index >= 15 is 0 Å². The normalized spacial score (nSPS) is 10.6. The Hall–Kier alpha value is -2.80. The van der Waals surface area contributed by atoms with Crippen LogP contribution in [0.1, 0.15) is 15.9 Å². The summed E-state index contributed by atoms with van der Waals surface area (Å²) in [4.78, 5) is 21.8. The zero-order valence-electron chi connectivity index (χ0n) is 11.0. The molecule has 0 aliphatic rings. The molecule has 8 heteroatoms. The van der Waals surface area contributed by atoms with E-state index in [-0.39, 0.29) is 16.3 Å². The van der Waals surface area contributed by atoms with Gasteiger partial charge in [-0.15, -0.1) is 0 Å². The molecule has 0 aliphatic heterocycles. The van der Waals surface area contributed by atoms with Gasteiger partial charge >= 0.3 is 0 Å². The van der Waals surface area contributed by atoms with Crippen molar-refractivity contribution in [1.82, 2.24) is 5.43 Å². The van der Waals surface area contributed by atoms with Gasteiger partial charge in [0, 0.05) is 11.6 Å². The van der Waals surface area contributed by atoms with Gasteiger partial charge in [0.05, 0.1) is 16.7 Å². The summed E-state index contributed by atoms with van der Waals surface area (Å²) < 4.78 is 13.4. The molecule has 0 heterocycles. The van der Waals surface area contributed by atoms with Crippen LogP contribution in [0.5, 0.6) is 0 Å². The Labute approximate surface area is 129 Å². The largest absolute Gasteiger partial charge is 0.288 e. The van der Waals surface area contributed by atoms with E-state index in [9.17, 15) is 19.3 Å². The molecule has 0 spiro atoms. The van der Waals surface area contributed by atoms with Crippen LogP contribution in [-0.2, 0) is 0 Å². The van der Waals surface area contributed by atoms with Crippen molar-refractivity contribution in [2.24, 2.45) is 5.10 Å². The second-order valence-electron chi connectivity index (χ2n) is 4.15. The molecule has 0 fully saturated rings. The first-order chi connectivity index (χ1) is 10.5. The number of carbonyl (C=O) groups excluding carboxylic acids is 1. The first kappa shape index (κ1) is 15.6. The molecule has 6 nitrogen and oxygen atoms in total. The predicted octanol–water partition coefficient (Wildman–Crippen LogP) is 3.15. The van der Waals surface area contributed by atoms with Gasteiger partial charge in [0.2, 0.25) is 0 Å². The molecule has 2 aromatic rings. The fourth-order valence-corrected chi connectivity index (χ4v) is 1.81. The third-order valence-electron chi connectivity index (χ3n) is 2.67. The van der Waals surface area contributed by atoms with E-state index < -0.39 is 16.6 Å². The van der Waals surface area contributed by atoms with Crippen molar-refractivity contribution in [3.05, 3.63) is 74.5 Å². The Morgan fingerprint density at radius 2 is 2.05 bits per heavy atom. The maximum absolute atomic E-state index is 13.4. The lowest BCUT2D eigenvalue weighted by Crippen LogP contribution is -2.18. The second-order valence-corrected chi connectivity index (χ2v) is 4.55. The molecule has 0 unspecified atom stereocenters. The van der Waals surface area contributed by atoms with Gasteiger partial charge in [0.1, 0.15) is 10.8 Å². The Balaban J connectivity index is 2.10. The molecule has 112 valence electrons. The Morgan fingerprint density at radius 3 is 2.73 bits per heavy atom. The number of nitrogens with one attached hydrogen (secondary N) is 1. The predicted molar refractivity (Wildman–Crippen MR) is 79.6 cm³/mol. The summed E-state index contributed by atoms with van der Waals surface area (Å²) in [6.07, 6.45) is 1.20. The number of nitrogens with zero attached hydrogens (tertiary/aromatic N) is 2. The quantitative estimate of drug-likeness (QED) is 0.533. The van der Waals surface area contributed by atoms with Crippen molar-refractivity contribution in [2.75, 3.05) is 0 Å². The highest BCUT2D eigenvalue weighted by Crippen LogP contribution is 2.24. The van der Waals surface area contributed by atoms with Gasteiger partial charge in [0.25, 0.3) is 11.6 Å². The monoisotopic (exact) mass is 321 g/mol. The van der Waals surface area contributed by atoms with Crippen LogP contribution >= 0.6 is 11.6 Å². The van der Waals surface area contributed by atoms with Gasteiger partial charge in [0.15, 0.2) is 0 Å². The van der Waals surface area contributed by atoms with Crippen LogP contribution in [0.4, 0.5) is 10.1 Å². The molecule has 2 aromatic carbocycles. The number of amides is 1. The number of hydrazone groups is 1. The molecule has 0 bridgehead atoms. The highest BCUT2D eigenvalue weighted by molar-refractivity contribution is 6.32. The molecule has 1 N–H and O–H groups in total. The molecular weight excluding hydrogens is 313 g/mol. The number of hydrogen-bond acceptors (Lipinski definition) is 4. The summed E-state index contributed by atoms with van der Waals surface area (Å²) >= 11 is 5.68. The number of nitro groups is 1. The number of rotatable bonds is 4. The molecular formula is C14H9ClFN3O3. The third kappa shape index (κ3) is 3.64. The van der Waals surface area contributed by atoms with Crippen LogP contribution in [0.15, 0.2) is 47.6 Å². The molecule has 0 aromatic heterocycles. The van der Waals surface area contributed by atoms with Gasteiger partial charge < -0.3 is 0 Å². The maximum Gasteiger partial charge on any atom is 0.288 e. The van der Waals surface area contributed by atoms with E-state index in [1.807, 2.05) is 0 Å². The van der Waals surface area contributed by atoms with E-state index in [0.717, 1.165) is 6.07 Å². The summed E-state index contributed by atoms with van der Waals surface area (Å²) in [6.45, 7) is 0. The number of nitro benzene ring substituents is 1. The zero-order valence-corrected chi connectivity index (χ0v) is 11.7. The van der Waals surface area contributed by atoms with Crippen molar-refractivity contribution < 1.29 is 14.1 Å². The average molecular weight is 322 g/mol. The molecule has 0 aliphatic carbocycles. The van der Waals surface area contributed by atoms with Gasteiger partial charge in [-0.3, -0.25) is 14.9 Å². The summed E-state index contributed by atoms with van der Waals surface area (Å²) in [5.41, 5.74) is 2.08. The number of benzene rings is 2. The second kappa shape index (κ2) is 6.77. The van der Waals surface area contributed by atoms with E-state index in [4.69, 9.17) is 11.6 Å². The molecule has 1 amide bonds. The van der Waals surface area contributed by atoms with Crippen molar-refractivity contribution >= 4 is 29.4 Å². The van der Waals surface area contributed by atoms with E-state index in [1.165, 1.54) is 42.6 Å². The fourth-order valence-electron chi connectivity index (χ4n) is 1.62. The first-order valence-electron chi connectivity index (χ1n) is 6.01. The maximum atomic E-state index is 13.4. The Kier molecular flexibility index (Phi) is 4.80. The first-order valence-corrected chi connectivity index (χ1v) is 6.38. The number of carbonyl (C=O) groups is 1. The van der Waals surface area contributed by atoms with Crippen LogP contribution in [0.2, 0.25) is 5.02 Å². The lowest BCUT2D eigenvalue weighted by molar-refractivity contribution is -0.384. The Bertz CT molecular complexity index is 765. The van der Waals surface area contributed by atoms with E-state index in [2.05, 4.69) is 10.5 Å². The van der Waals surface area contributed by atoms with Gasteiger partial charge in [-0.1, -0.05) is 29.8 Å². The lowest BCUT2D eigenvalue weighted by Gasteiger charge is -2.01. The van der Waals surface area contributed by atoms with Crippen LogP contribution < -0.4 is 5.43 Å². The molecule has 0 radical (unpaired) electrons. The SMILES string of the molecule is O=C(N/N=C/c1ccc(Cl)c([N+](=O)[O-])c1)c1ccccc1F. The molecule has 2 rings (SSSR count). The van der Waals surface area contributed by atoms with Crippen molar-refractivity contribution in [3.63, 3.8) is 0 Å². The van der Waals surface area contributed by atoms with Gasteiger partial charge in [-0.25, -0.2) is 9.82 Å². The summed E-state index contributed by atoms with van der Waals surface area (Å²) in [5, 5.41) is 14.4. The minimum absolute atomic E-state index is 0.00228.